The Labute approximate surface area is 101 Å². The minimum Gasteiger partial charge on any atom is -0.398 e. The van der Waals surface area contributed by atoms with Gasteiger partial charge < -0.3 is 15.2 Å². The lowest BCUT2D eigenvalue weighted by atomic mass is 9.69. The first-order valence-electron chi connectivity index (χ1n) is 6.07. The SMILES string of the molecule is N#CC1=C(N)C=CC12CCC1(CC2)OCCO1. The third-order valence-corrected chi connectivity index (χ3v) is 4.20. The van der Waals surface area contributed by atoms with E-state index in [1.165, 1.54) is 0 Å². The Morgan fingerprint density at radius 2 is 1.82 bits per heavy atom. The van der Waals surface area contributed by atoms with Crippen LogP contribution in [0.4, 0.5) is 0 Å². The highest BCUT2D eigenvalue weighted by atomic mass is 16.7. The topological polar surface area (TPSA) is 68.3 Å². The van der Waals surface area contributed by atoms with E-state index in [2.05, 4.69) is 12.1 Å². The molecule has 0 unspecified atom stereocenters. The molecule has 0 radical (unpaired) electrons. The monoisotopic (exact) mass is 232 g/mol. The highest BCUT2D eigenvalue weighted by Gasteiger charge is 2.48. The fraction of sp³-hybridized carbons (Fsp3) is 0.615. The van der Waals surface area contributed by atoms with Crippen LogP contribution in [0.3, 0.4) is 0 Å². The van der Waals surface area contributed by atoms with Gasteiger partial charge >= 0.3 is 0 Å². The second-order valence-electron chi connectivity index (χ2n) is 5.04. The third kappa shape index (κ3) is 1.50. The van der Waals surface area contributed by atoms with Crippen LogP contribution in [0.2, 0.25) is 0 Å². The van der Waals surface area contributed by atoms with Gasteiger partial charge in [-0.3, -0.25) is 0 Å². The molecule has 4 heteroatoms. The molecule has 3 aliphatic rings. The van der Waals surface area contributed by atoms with Crippen molar-refractivity contribution in [2.24, 2.45) is 11.1 Å². The van der Waals surface area contributed by atoms with Crippen molar-refractivity contribution in [1.82, 2.24) is 0 Å². The first-order chi connectivity index (χ1) is 8.20. The highest BCUT2D eigenvalue weighted by Crippen LogP contribution is 2.51. The molecule has 1 aliphatic heterocycles. The average Bonchev–Trinajstić information content (AvgIpc) is 2.91. The normalized spacial score (nSPS) is 29.1. The first-order valence-corrected chi connectivity index (χ1v) is 6.07. The van der Waals surface area contributed by atoms with Gasteiger partial charge in [0.25, 0.3) is 0 Å². The van der Waals surface area contributed by atoms with E-state index in [9.17, 15) is 5.26 Å². The van der Waals surface area contributed by atoms with Crippen LogP contribution < -0.4 is 5.73 Å². The standard InChI is InChI=1S/C13H16N2O2/c14-9-10-11(15)1-2-12(10)3-5-13(6-4-12)16-7-8-17-13/h1-2H,3-8,15H2. The molecule has 0 atom stereocenters. The number of hydrogen-bond donors (Lipinski definition) is 1. The third-order valence-electron chi connectivity index (χ3n) is 4.20. The molecule has 1 saturated heterocycles. The van der Waals surface area contributed by atoms with E-state index in [0.717, 1.165) is 31.3 Å². The summed E-state index contributed by atoms with van der Waals surface area (Å²) in [5, 5.41) is 9.22. The summed E-state index contributed by atoms with van der Waals surface area (Å²) in [7, 11) is 0. The molecule has 90 valence electrons. The summed E-state index contributed by atoms with van der Waals surface area (Å²) in [6, 6.07) is 2.26. The Balaban J connectivity index is 1.81. The van der Waals surface area contributed by atoms with Crippen LogP contribution in [0.25, 0.3) is 0 Å². The van der Waals surface area contributed by atoms with Crippen LogP contribution in [0.1, 0.15) is 25.7 Å². The van der Waals surface area contributed by atoms with Crippen LogP contribution in [-0.2, 0) is 9.47 Å². The van der Waals surface area contributed by atoms with Gasteiger partial charge in [0.1, 0.15) is 0 Å². The Morgan fingerprint density at radius 1 is 1.18 bits per heavy atom. The molecule has 0 amide bonds. The number of rotatable bonds is 0. The summed E-state index contributed by atoms with van der Waals surface area (Å²) in [5.41, 5.74) is 7.04. The highest BCUT2D eigenvalue weighted by molar-refractivity contribution is 5.48. The van der Waals surface area contributed by atoms with Gasteiger partial charge in [-0.15, -0.1) is 0 Å². The molecule has 0 aromatic heterocycles. The van der Waals surface area contributed by atoms with Gasteiger partial charge in [0, 0.05) is 24.0 Å². The Kier molecular flexibility index (Phi) is 2.29. The predicted octanol–water partition coefficient (Wildman–Crippen LogP) is 1.60. The van der Waals surface area contributed by atoms with Crippen molar-refractivity contribution in [3.8, 4) is 6.07 Å². The van der Waals surface area contributed by atoms with E-state index in [-0.39, 0.29) is 11.2 Å². The van der Waals surface area contributed by atoms with Crippen molar-refractivity contribution in [1.29, 1.82) is 5.26 Å². The molecule has 0 aromatic carbocycles. The van der Waals surface area contributed by atoms with Crippen molar-refractivity contribution in [2.45, 2.75) is 31.5 Å². The van der Waals surface area contributed by atoms with E-state index < -0.39 is 0 Å². The first kappa shape index (κ1) is 10.8. The van der Waals surface area contributed by atoms with Crippen LogP contribution in [0.5, 0.6) is 0 Å². The van der Waals surface area contributed by atoms with Gasteiger partial charge in [-0.2, -0.15) is 5.26 Å². The number of nitriles is 1. The van der Waals surface area contributed by atoms with Crippen molar-refractivity contribution < 1.29 is 9.47 Å². The fourth-order valence-corrected chi connectivity index (χ4v) is 3.16. The lowest BCUT2D eigenvalue weighted by Gasteiger charge is -2.40. The molecular weight excluding hydrogens is 216 g/mol. The van der Waals surface area contributed by atoms with Gasteiger partial charge in [-0.1, -0.05) is 6.08 Å². The van der Waals surface area contributed by atoms with Crippen molar-refractivity contribution in [3.05, 3.63) is 23.4 Å². The zero-order valence-corrected chi connectivity index (χ0v) is 9.74. The van der Waals surface area contributed by atoms with Crippen LogP contribution >= 0.6 is 0 Å². The molecule has 1 saturated carbocycles. The molecule has 17 heavy (non-hydrogen) atoms. The van der Waals surface area contributed by atoms with E-state index in [1.807, 2.05) is 6.08 Å². The van der Waals surface area contributed by atoms with Crippen LogP contribution in [-0.4, -0.2) is 19.0 Å². The summed E-state index contributed by atoms with van der Waals surface area (Å²) in [5.74, 6) is -0.378. The van der Waals surface area contributed by atoms with Crippen molar-refractivity contribution >= 4 is 0 Å². The number of hydrogen-bond acceptors (Lipinski definition) is 4. The summed E-state index contributed by atoms with van der Waals surface area (Å²) < 4.78 is 11.4. The number of ether oxygens (including phenoxy) is 2. The number of nitrogens with zero attached hydrogens (tertiary/aromatic N) is 1. The second kappa shape index (κ2) is 3.59. The van der Waals surface area contributed by atoms with Gasteiger partial charge in [-0.05, 0) is 18.9 Å². The Bertz CT molecular complexity index is 429. The number of allylic oxidation sites excluding steroid dienone is 3. The van der Waals surface area contributed by atoms with Gasteiger partial charge in [0.05, 0.1) is 24.9 Å². The van der Waals surface area contributed by atoms with Crippen molar-refractivity contribution in [2.75, 3.05) is 13.2 Å². The Hall–Kier alpha value is -1.31. The molecule has 2 N–H and O–H groups in total. The lowest BCUT2D eigenvalue weighted by Crippen LogP contribution is -2.39. The zero-order chi connectivity index (χ0) is 11.9. The predicted molar refractivity (Wildman–Crippen MR) is 61.5 cm³/mol. The van der Waals surface area contributed by atoms with Gasteiger partial charge in [0.15, 0.2) is 5.79 Å². The average molecular weight is 232 g/mol. The maximum Gasteiger partial charge on any atom is 0.168 e. The molecular formula is C13H16N2O2. The Morgan fingerprint density at radius 3 is 2.41 bits per heavy atom. The van der Waals surface area contributed by atoms with E-state index >= 15 is 0 Å². The molecule has 0 bridgehead atoms. The molecule has 2 aliphatic carbocycles. The lowest BCUT2D eigenvalue weighted by molar-refractivity contribution is -0.185. The molecule has 0 aromatic rings. The second-order valence-corrected chi connectivity index (χ2v) is 5.04. The molecule has 4 nitrogen and oxygen atoms in total. The zero-order valence-electron chi connectivity index (χ0n) is 9.74. The molecule has 2 fully saturated rings. The molecule has 1 heterocycles. The van der Waals surface area contributed by atoms with Gasteiger partial charge in [-0.25, -0.2) is 0 Å². The maximum atomic E-state index is 9.22. The summed E-state index contributed by atoms with van der Waals surface area (Å²) >= 11 is 0. The van der Waals surface area contributed by atoms with E-state index in [1.54, 1.807) is 0 Å². The number of nitrogens with two attached hydrogens (primary N) is 1. The minimum absolute atomic E-state index is 0.153. The summed E-state index contributed by atoms with van der Waals surface area (Å²) in [6.45, 7) is 1.37. The summed E-state index contributed by atoms with van der Waals surface area (Å²) in [4.78, 5) is 0. The maximum absolute atomic E-state index is 9.22. The van der Waals surface area contributed by atoms with E-state index in [4.69, 9.17) is 15.2 Å². The smallest absolute Gasteiger partial charge is 0.168 e. The molecule has 3 rings (SSSR count). The van der Waals surface area contributed by atoms with Crippen LogP contribution in [0, 0.1) is 16.7 Å². The van der Waals surface area contributed by atoms with E-state index in [0.29, 0.717) is 18.9 Å². The fourth-order valence-electron chi connectivity index (χ4n) is 3.16. The largest absolute Gasteiger partial charge is 0.398 e. The summed E-state index contributed by atoms with van der Waals surface area (Å²) in [6.07, 6.45) is 7.40. The quantitative estimate of drug-likeness (QED) is 0.688. The van der Waals surface area contributed by atoms with Crippen LogP contribution in [0.15, 0.2) is 23.4 Å². The van der Waals surface area contributed by atoms with Crippen molar-refractivity contribution in [3.63, 3.8) is 0 Å². The van der Waals surface area contributed by atoms with Gasteiger partial charge in [0.2, 0.25) is 0 Å². The molecule has 2 spiro atoms. The minimum atomic E-state index is -0.378.